The van der Waals surface area contributed by atoms with Gasteiger partial charge in [-0.15, -0.1) is 10.2 Å². The number of aromatic nitrogens is 3. The van der Waals surface area contributed by atoms with Crippen LogP contribution in [0.5, 0.6) is 0 Å². The first-order valence-electron chi connectivity index (χ1n) is 9.63. The molecule has 9 heteroatoms. The number of nitrogens with one attached hydrogen (secondary N) is 1. The number of thioether (sulfide) groups is 1. The first kappa shape index (κ1) is 21.6. The average molecular weight is 428 g/mol. The number of hydrogen-bond donors (Lipinski definition) is 1. The van der Waals surface area contributed by atoms with E-state index in [4.69, 9.17) is 4.42 Å². The van der Waals surface area contributed by atoms with Crippen molar-refractivity contribution >= 4 is 29.3 Å². The number of aryl methyl sites for hydroxylation is 1. The van der Waals surface area contributed by atoms with E-state index in [1.54, 1.807) is 36.9 Å². The number of rotatable bonds is 8. The third kappa shape index (κ3) is 4.91. The van der Waals surface area contributed by atoms with Crippen LogP contribution in [0.1, 0.15) is 19.4 Å². The molecule has 0 bridgehead atoms. The van der Waals surface area contributed by atoms with Crippen molar-refractivity contribution in [1.82, 2.24) is 19.7 Å². The molecule has 1 aromatic carbocycles. The molecule has 2 amide bonds. The van der Waals surface area contributed by atoms with Crippen molar-refractivity contribution in [2.24, 2.45) is 7.05 Å². The highest BCUT2D eigenvalue weighted by Crippen LogP contribution is 2.26. The molecule has 3 rings (SSSR count). The predicted octanol–water partition coefficient (Wildman–Crippen LogP) is 3.22. The highest BCUT2D eigenvalue weighted by atomic mass is 32.2. The zero-order chi connectivity index (χ0) is 21.7. The van der Waals surface area contributed by atoms with Gasteiger partial charge in [-0.1, -0.05) is 36.9 Å². The van der Waals surface area contributed by atoms with Crippen LogP contribution in [0.15, 0.2) is 52.2 Å². The van der Waals surface area contributed by atoms with E-state index in [0.717, 1.165) is 17.7 Å². The molecule has 0 saturated carbocycles. The number of furan rings is 1. The number of nitrogens with zero attached hydrogens (tertiary/aromatic N) is 4. The average Bonchev–Trinajstić information content (AvgIpc) is 3.38. The van der Waals surface area contributed by atoms with E-state index in [0.29, 0.717) is 16.7 Å². The molecule has 0 radical (unpaired) electrons. The Morgan fingerprint density at radius 3 is 2.70 bits per heavy atom. The number of para-hydroxylation sites is 1. The molecule has 0 aliphatic heterocycles. The maximum Gasteiger partial charge on any atom is 0.243 e. The Kier molecular flexibility index (Phi) is 6.94. The molecular formula is C21H25N5O3S. The smallest absolute Gasteiger partial charge is 0.243 e. The second-order valence-electron chi connectivity index (χ2n) is 6.86. The standard InChI is InChI=1S/C21H25N5O3S/c1-5-15-9-6-7-10-16(15)22-18(27)13-25(3)20(28)14(2)30-21-24-23-19(26(21)4)17-11-8-12-29-17/h6-12,14H,5,13H2,1-4H3,(H,22,27). The number of carbonyl (C=O) groups excluding carboxylic acids is 2. The van der Waals surface area contributed by atoms with Gasteiger partial charge in [-0.3, -0.25) is 9.59 Å². The van der Waals surface area contributed by atoms with E-state index in [-0.39, 0.29) is 18.4 Å². The zero-order valence-corrected chi connectivity index (χ0v) is 18.3. The van der Waals surface area contributed by atoms with Crippen LogP contribution < -0.4 is 5.32 Å². The summed E-state index contributed by atoms with van der Waals surface area (Å²) in [6.45, 7) is 3.79. The van der Waals surface area contributed by atoms with Crippen LogP contribution in [0.4, 0.5) is 5.69 Å². The lowest BCUT2D eigenvalue weighted by Crippen LogP contribution is -2.39. The van der Waals surface area contributed by atoms with E-state index in [1.807, 2.05) is 38.2 Å². The summed E-state index contributed by atoms with van der Waals surface area (Å²) < 4.78 is 7.14. The van der Waals surface area contributed by atoms with Crippen LogP contribution in [0, 0.1) is 0 Å². The predicted molar refractivity (Wildman–Crippen MR) is 116 cm³/mol. The molecule has 158 valence electrons. The lowest BCUT2D eigenvalue weighted by atomic mass is 10.1. The number of amides is 2. The van der Waals surface area contributed by atoms with Gasteiger partial charge in [-0.25, -0.2) is 0 Å². The van der Waals surface area contributed by atoms with Crippen LogP contribution in [-0.2, 0) is 23.1 Å². The third-order valence-corrected chi connectivity index (χ3v) is 5.76. The molecule has 1 atom stereocenters. The molecule has 8 nitrogen and oxygen atoms in total. The summed E-state index contributed by atoms with van der Waals surface area (Å²) in [6, 6.07) is 11.2. The summed E-state index contributed by atoms with van der Waals surface area (Å²) in [5.74, 6) is 0.797. The number of likely N-dealkylation sites (N-methyl/N-ethyl adjacent to an activating group) is 1. The highest BCUT2D eigenvalue weighted by molar-refractivity contribution is 8.00. The SMILES string of the molecule is CCc1ccccc1NC(=O)CN(C)C(=O)C(C)Sc1nnc(-c2ccco2)n1C. The second-order valence-corrected chi connectivity index (χ2v) is 8.16. The van der Waals surface area contributed by atoms with Gasteiger partial charge in [-0.2, -0.15) is 0 Å². The Morgan fingerprint density at radius 1 is 1.23 bits per heavy atom. The molecule has 0 aliphatic carbocycles. The van der Waals surface area contributed by atoms with Crippen LogP contribution in [0.2, 0.25) is 0 Å². The number of benzene rings is 1. The number of carbonyl (C=O) groups is 2. The maximum atomic E-state index is 12.8. The third-order valence-electron chi connectivity index (χ3n) is 4.64. The summed E-state index contributed by atoms with van der Waals surface area (Å²) in [4.78, 5) is 26.6. The molecule has 0 spiro atoms. The van der Waals surface area contributed by atoms with E-state index in [9.17, 15) is 9.59 Å². The van der Waals surface area contributed by atoms with Gasteiger partial charge < -0.3 is 19.2 Å². The monoisotopic (exact) mass is 427 g/mol. The van der Waals surface area contributed by atoms with Crippen molar-refractivity contribution in [3.05, 3.63) is 48.2 Å². The zero-order valence-electron chi connectivity index (χ0n) is 17.5. The molecule has 2 heterocycles. The largest absolute Gasteiger partial charge is 0.461 e. The van der Waals surface area contributed by atoms with Gasteiger partial charge in [0.05, 0.1) is 18.1 Å². The Labute approximate surface area is 179 Å². The molecule has 30 heavy (non-hydrogen) atoms. The van der Waals surface area contributed by atoms with Gasteiger partial charge in [0.25, 0.3) is 0 Å². The van der Waals surface area contributed by atoms with Gasteiger partial charge in [0.15, 0.2) is 16.7 Å². The maximum absolute atomic E-state index is 12.8. The molecule has 0 aliphatic rings. The van der Waals surface area contributed by atoms with Crippen LogP contribution in [-0.4, -0.2) is 50.3 Å². The van der Waals surface area contributed by atoms with Crippen molar-refractivity contribution < 1.29 is 14.0 Å². The van der Waals surface area contributed by atoms with Gasteiger partial charge in [0, 0.05) is 19.8 Å². The number of anilines is 1. The summed E-state index contributed by atoms with van der Waals surface area (Å²) in [5.41, 5.74) is 1.83. The summed E-state index contributed by atoms with van der Waals surface area (Å²) in [7, 11) is 3.44. The molecule has 1 unspecified atom stereocenters. The first-order chi connectivity index (χ1) is 14.4. The Balaban J connectivity index is 1.58. The van der Waals surface area contributed by atoms with Gasteiger partial charge >= 0.3 is 0 Å². The van der Waals surface area contributed by atoms with Crippen molar-refractivity contribution in [3.8, 4) is 11.6 Å². The molecule has 0 saturated heterocycles. The van der Waals surface area contributed by atoms with Crippen LogP contribution in [0.25, 0.3) is 11.6 Å². The lowest BCUT2D eigenvalue weighted by molar-refractivity contribution is -0.132. The van der Waals surface area contributed by atoms with E-state index in [1.165, 1.54) is 16.7 Å². The minimum atomic E-state index is -0.432. The Bertz CT molecular complexity index is 1020. The molecule has 0 fully saturated rings. The normalized spacial score (nSPS) is 11.9. The number of hydrogen-bond acceptors (Lipinski definition) is 6. The van der Waals surface area contributed by atoms with Gasteiger partial charge in [-0.05, 0) is 37.1 Å². The van der Waals surface area contributed by atoms with Crippen molar-refractivity contribution in [2.45, 2.75) is 30.7 Å². The fourth-order valence-electron chi connectivity index (χ4n) is 2.99. The van der Waals surface area contributed by atoms with E-state index < -0.39 is 5.25 Å². The molecule has 1 N–H and O–H groups in total. The molecule has 2 aromatic heterocycles. The van der Waals surface area contributed by atoms with Crippen molar-refractivity contribution in [3.63, 3.8) is 0 Å². The first-order valence-corrected chi connectivity index (χ1v) is 10.5. The minimum Gasteiger partial charge on any atom is -0.461 e. The quantitative estimate of drug-likeness (QED) is 0.555. The highest BCUT2D eigenvalue weighted by Gasteiger charge is 2.24. The van der Waals surface area contributed by atoms with E-state index in [2.05, 4.69) is 15.5 Å². The molecular weight excluding hydrogens is 402 g/mol. The van der Waals surface area contributed by atoms with Crippen LogP contribution in [0.3, 0.4) is 0 Å². The Morgan fingerprint density at radius 2 is 2.00 bits per heavy atom. The summed E-state index contributed by atoms with van der Waals surface area (Å²) in [6.07, 6.45) is 2.39. The second kappa shape index (κ2) is 9.62. The minimum absolute atomic E-state index is 0.0295. The van der Waals surface area contributed by atoms with Gasteiger partial charge in [0.2, 0.25) is 11.8 Å². The van der Waals surface area contributed by atoms with Gasteiger partial charge in [0.1, 0.15) is 0 Å². The fourth-order valence-corrected chi connectivity index (χ4v) is 3.92. The summed E-state index contributed by atoms with van der Waals surface area (Å²) in [5, 5.41) is 11.3. The molecule has 3 aromatic rings. The fraction of sp³-hybridized carbons (Fsp3) is 0.333. The lowest BCUT2D eigenvalue weighted by Gasteiger charge is -2.20. The van der Waals surface area contributed by atoms with Crippen molar-refractivity contribution in [2.75, 3.05) is 18.9 Å². The Hall–Kier alpha value is -3.07. The van der Waals surface area contributed by atoms with Crippen LogP contribution >= 0.6 is 11.8 Å². The van der Waals surface area contributed by atoms with E-state index >= 15 is 0 Å². The summed E-state index contributed by atoms with van der Waals surface area (Å²) >= 11 is 1.29. The topological polar surface area (TPSA) is 93.3 Å². The van der Waals surface area contributed by atoms with Crippen molar-refractivity contribution in [1.29, 1.82) is 0 Å².